The van der Waals surface area contributed by atoms with Crippen molar-refractivity contribution in [2.24, 2.45) is 0 Å². The molecule has 1 aliphatic rings. The molecule has 0 amide bonds. The van der Waals surface area contributed by atoms with Crippen LogP contribution in [-0.2, 0) is 4.74 Å². The van der Waals surface area contributed by atoms with Gasteiger partial charge in [0.15, 0.2) is 0 Å². The molecule has 0 fully saturated rings. The first-order chi connectivity index (χ1) is 11.8. The largest absolute Gasteiger partial charge is 0.386 e. The Bertz CT molecular complexity index is 1030. The third kappa shape index (κ3) is 1.78. The standard InChI is InChI=1S/C16H6N2O3S3/c19-15-11-9(7-3-1-5-22-7)13-14(18-24-17-13)10(8-4-2-6-23-8)12(11)16(20)21-15/h1-6H. The highest BCUT2D eigenvalue weighted by Gasteiger charge is 2.39. The van der Waals surface area contributed by atoms with E-state index in [1.165, 1.54) is 22.7 Å². The molecule has 0 saturated heterocycles. The Labute approximate surface area is 147 Å². The molecular weight excluding hydrogens is 364 g/mol. The molecule has 5 nitrogen and oxygen atoms in total. The smallest absolute Gasteiger partial charge is 0.347 e. The van der Waals surface area contributed by atoms with Gasteiger partial charge in [0.1, 0.15) is 11.0 Å². The average molecular weight is 370 g/mol. The van der Waals surface area contributed by atoms with Gasteiger partial charge in [-0.1, -0.05) is 12.1 Å². The molecule has 4 aromatic rings. The van der Waals surface area contributed by atoms with Gasteiger partial charge in [0, 0.05) is 20.9 Å². The molecule has 0 bridgehead atoms. The Kier molecular flexibility index (Phi) is 2.93. The van der Waals surface area contributed by atoms with E-state index in [0.717, 1.165) is 21.5 Å². The van der Waals surface area contributed by atoms with E-state index in [2.05, 4.69) is 8.75 Å². The quantitative estimate of drug-likeness (QED) is 0.385. The van der Waals surface area contributed by atoms with Gasteiger partial charge in [0.05, 0.1) is 22.9 Å². The summed E-state index contributed by atoms with van der Waals surface area (Å²) in [5.74, 6) is -1.24. The molecule has 0 saturated carbocycles. The number of nitrogens with zero attached hydrogens (tertiary/aromatic N) is 2. The van der Waals surface area contributed by atoms with Gasteiger partial charge < -0.3 is 4.74 Å². The number of esters is 2. The van der Waals surface area contributed by atoms with E-state index in [1.54, 1.807) is 0 Å². The number of benzene rings is 1. The van der Waals surface area contributed by atoms with Crippen LogP contribution in [0.1, 0.15) is 20.7 Å². The molecule has 0 radical (unpaired) electrons. The zero-order valence-corrected chi connectivity index (χ0v) is 14.3. The van der Waals surface area contributed by atoms with Crippen LogP contribution in [0.5, 0.6) is 0 Å². The van der Waals surface area contributed by atoms with Crippen molar-refractivity contribution >= 4 is 57.4 Å². The molecule has 8 heteroatoms. The number of rotatable bonds is 2. The van der Waals surface area contributed by atoms with Crippen LogP contribution >= 0.6 is 34.4 Å². The summed E-state index contributed by atoms with van der Waals surface area (Å²) in [7, 11) is 0. The fraction of sp³-hybridized carbons (Fsp3) is 0. The number of thiophene rings is 2. The minimum Gasteiger partial charge on any atom is -0.386 e. The van der Waals surface area contributed by atoms with E-state index < -0.39 is 11.9 Å². The van der Waals surface area contributed by atoms with E-state index in [4.69, 9.17) is 4.74 Å². The summed E-state index contributed by atoms with van der Waals surface area (Å²) in [6.07, 6.45) is 0. The summed E-state index contributed by atoms with van der Waals surface area (Å²) in [6.45, 7) is 0. The zero-order valence-electron chi connectivity index (χ0n) is 11.8. The Morgan fingerprint density at radius 2 is 1.25 bits per heavy atom. The SMILES string of the molecule is O=C1OC(=O)c2c1c(-c1cccs1)c1nsnc1c2-c1cccs1. The van der Waals surface area contributed by atoms with Crippen molar-refractivity contribution in [1.82, 2.24) is 8.75 Å². The summed E-state index contributed by atoms with van der Waals surface area (Å²) < 4.78 is 13.7. The molecular formula is C16H6N2O3S3. The number of cyclic esters (lactones) is 2. The minimum absolute atomic E-state index is 0.297. The monoisotopic (exact) mass is 370 g/mol. The lowest BCUT2D eigenvalue weighted by atomic mass is 9.93. The number of carbonyl (C=O) groups is 2. The van der Waals surface area contributed by atoms with Crippen LogP contribution in [0.3, 0.4) is 0 Å². The molecule has 4 heterocycles. The maximum Gasteiger partial charge on any atom is 0.347 e. The van der Waals surface area contributed by atoms with Crippen LogP contribution in [-0.4, -0.2) is 20.7 Å². The summed E-state index contributed by atoms with van der Waals surface area (Å²) in [5, 5.41) is 3.84. The molecule has 0 unspecified atom stereocenters. The van der Waals surface area contributed by atoms with E-state index in [0.29, 0.717) is 33.3 Å². The molecule has 1 aromatic carbocycles. The number of fused-ring (bicyclic) bond motifs is 2. The number of ether oxygens (including phenoxy) is 1. The molecule has 1 aliphatic heterocycles. The summed E-state index contributed by atoms with van der Waals surface area (Å²) in [6, 6.07) is 7.60. The first kappa shape index (κ1) is 14.0. The lowest BCUT2D eigenvalue weighted by Gasteiger charge is -2.08. The van der Waals surface area contributed by atoms with Crippen molar-refractivity contribution in [3.8, 4) is 20.9 Å². The van der Waals surface area contributed by atoms with Crippen molar-refractivity contribution in [2.75, 3.05) is 0 Å². The molecule has 5 rings (SSSR count). The summed E-state index contributed by atoms with van der Waals surface area (Å²) >= 11 is 4.05. The second-order valence-corrected chi connectivity index (χ2v) is 7.52. The van der Waals surface area contributed by atoms with Crippen molar-refractivity contribution in [3.05, 3.63) is 46.2 Å². The van der Waals surface area contributed by atoms with Crippen LogP contribution in [0.4, 0.5) is 0 Å². The highest BCUT2D eigenvalue weighted by molar-refractivity contribution is 7.14. The van der Waals surface area contributed by atoms with Crippen LogP contribution in [0.25, 0.3) is 31.9 Å². The minimum atomic E-state index is -0.619. The lowest BCUT2D eigenvalue weighted by Crippen LogP contribution is -2.00. The van der Waals surface area contributed by atoms with Crippen molar-refractivity contribution in [1.29, 1.82) is 0 Å². The zero-order chi connectivity index (χ0) is 16.3. The third-order valence-corrected chi connectivity index (χ3v) is 6.14. The second kappa shape index (κ2) is 5.04. The third-order valence-electron chi connectivity index (χ3n) is 3.84. The Morgan fingerprint density at radius 3 is 1.67 bits per heavy atom. The molecule has 3 aromatic heterocycles. The highest BCUT2D eigenvalue weighted by Crippen LogP contribution is 2.45. The first-order valence-corrected chi connectivity index (χ1v) is 9.41. The normalized spacial score (nSPS) is 13.5. The van der Waals surface area contributed by atoms with Gasteiger partial charge in [-0.15, -0.1) is 22.7 Å². The fourth-order valence-electron chi connectivity index (χ4n) is 2.92. The fourth-order valence-corrected chi connectivity index (χ4v) is 5.03. The van der Waals surface area contributed by atoms with E-state index in [-0.39, 0.29) is 0 Å². The molecule has 24 heavy (non-hydrogen) atoms. The van der Waals surface area contributed by atoms with Gasteiger partial charge in [-0.2, -0.15) is 8.75 Å². The molecule has 0 aliphatic carbocycles. The predicted octanol–water partition coefficient (Wildman–Crippen LogP) is 4.46. The number of carbonyl (C=O) groups excluding carboxylic acids is 2. The molecule has 116 valence electrons. The van der Waals surface area contributed by atoms with Crippen LogP contribution in [0.15, 0.2) is 35.0 Å². The van der Waals surface area contributed by atoms with E-state index in [1.807, 2.05) is 35.0 Å². The number of aromatic nitrogens is 2. The molecule has 0 atom stereocenters. The van der Waals surface area contributed by atoms with Gasteiger partial charge in [-0.05, 0) is 22.9 Å². The maximum absolute atomic E-state index is 12.4. The van der Waals surface area contributed by atoms with Crippen LogP contribution in [0.2, 0.25) is 0 Å². The Hall–Kier alpha value is -2.42. The number of hydrogen-bond acceptors (Lipinski definition) is 8. The van der Waals surface area contributed by atoms with Gasteiger partial charge in [-0.3, -0.25) is 0 Å². The first-order valence-electron chi connectivity index (χ1n) is 6.92. The van der Waals surface area contributed by atoms with Gasteiger partial charge in [-0.25, -0.2) is 9.59 Å². The van der Waals surface area contributed by atoms with Gasteiger partial charge >= 0.3 is 11.9 Å². The van der Waals surface area contributed by atoms with Gasteiger partial charge in [0.25, 0.3) is 0 Å². The predicted molar refractivity (Wildman–Crippen MR) is 93.8 cm³/mol. The lowest BCUT2D eigenvalue weighted by molar-refractivity contribution is 0.0444. The van der Waals surface area contributed by atoms with Crippen molar-refractivity contribution in [2.45, 2.75) is 0 Å². The summed E-state index contributed by atoms with van der Waals surface area (Å²) in [5.41, 5.74) is 3.14. The van der Waals surface area contributed by atoms with Gasteiger partial charge in [0.2, 0.25) is 0 Å². The van der Waals surface area contributed by atoms with Crippen molar-refractivity contribution < 1.29 is 14.3 Å². The molecule has 0 spiro atoms. The maximum atomic E-state index is 12.4. The van der Waals surface area contributed by atoms with Crippen LogP contribution in [0, 0.1) is 0 Å². The molecule has 0 N–H and O–H groups in total. The Balaban J connectivity index is 2.02. The number of hydrogen-bond donors (Lipinski definition) is 0. The topological polar surface area (TPSA) is 69.2 Å². The van der Waals surface area contributed by atoms with E-state index >= 15 is 0 Å². The van der Waals surface area contributed by atoms with Crippen molar-refractivity contribution in [3.63, 3.8) is 0 Å². The Morgan fingerprint density at radius 1 is 0.750 bits per heavy atom. The second-order valence-electron chi connectivity index (χ2n) is 5.09. The van der Waals surface area contributed by atoms with Crippen LogP contribution < -0.4 is 0 Å². The highest BCUT2D eigenvalue weighted by atomic mass is 32.1. The average Bonchev–Trinajstić information content (AvgIpc) is 3.35. The van der Waals surface area contributed by atoms with E-state index in [9.17, 15) is 9.59 Å². The summed E-state index contributed by atoms with van der Waals surface area (Å²) in [4.78, 5) is 26.5.